The summed E-state index contributed by atoms with van der Waals surface area (Å²) in [6, 6.07) is 25.1. The van der Waals surface area contributed by atoms with E-state index < -0.39 is 0 Å². The molecule has 1 aliphatic rings. The van der Waals surface area contributed by atoms with Gasteiger partial charge in [-0.1, -0.05) is 57.2 Å². The summed E-state index contributed by atoms with van der Waals surface area (Å²) in [6.45, 7) is 8.70. The fourth-order valence-electron chi connectivity index (χ4n) is 5.22. The zero-order valence-corrected chi connectivity index (χ0v) is 22.2. The van der Waals surface area contributed by atoms with Crippen LogP contribution in [0, 0.1) is 0 Å². The number of benzene rings is 3. The lowest BCUT2D eigenvalue weighted by Crippen LogP contribution is -2.24. The third-order valence-corrected chi connectivity index (χ3v) is 7.69. The van der Waals surface area contributed by atoms with Crippen LogP contribution in [0.2, 0.25) is 0 Å². The summed E-state index contributed by atoms with van der Waals surface area (Å²) in [7, 11) is 0. The van der Waals surface area contributed by atoms with Gasteiger partial charge in [0, 0.05) is 31.1 Å². The minimum absolute atomic E-state index is 0.0692. The first-order valence-corrected chi connectivity index (χ1v) is 13.6. The van der Waals surface area contributed by atoms with Crippen LogP contribution >= 0.6 is 0 Å². The summed E-state index contributed by atoms with van der Waals surface area (Å²) in [5.41, 5.74) is 5.71. The van der Waals surface area contributed by atoms with E-state index in [4.69, 9.17) is 9.72 Å². The van der Waals surface area contributed by atoms with E-state index in [0.29, 0.717) is 25.5 Å². The van der Waals surface area contributed by atoms with Crippen molar-refractivity contribution in [1.29, 1.82) is 0 Å². The highest BCUT2D eigenvalue weighted by Crippen LogP contribution is 2.33. The number of nitrogens with zero attached hydrogens (tertiary/aromatic N) is 3. The Morgan fingerprint density at radius 3 is 2.49 bits per heavy atom. The number of hydrogen-bond donors (Lipinski definition) is 0. The fourth-order valence-corrected chi connectivity index (χ4v) is 5.22. The molecule has 0 bridgehead atoms. The van der Waals surface area contributed by atoms with Crippen molar-refractivity contribution in [2.75, 3.05) is 18.1 Å². The smallest absolute Gasteiger partial charge is 0.227 e. The van der Waals surface area contributed by atoms with Crippen molar-refractivity contribution in [1.82, 2.24) is 9.55 Å². The average Bonchev–Trinajstić information content (AvgIpc) is 3.51. The number of hydrogen-bond acceptors (Lipinski definition) is 3. The van der Waals surface area contributed by atoms with Gasteiger partial charge in [-0.15, -0.1) is 0 Å². The first-order chi connectivity index (χ1) is 18.1. The van der Waals surface area contributed by atoms with E-state index in [1.54, 1.807) is 0 Å². The highest BCUT2D eigenvalue weighted by molar-refractivity contribution is 5.96. The number of imidazole rings is 1. The van der Waals surface area contributed by atoms with E-state index in [2.05, 4.69) is 92.1 Å². The second-order valence-electron chi connectivity index (χ2n) is 10.1. The first kappa shape index (κ1) is 25.1. The van der Waals surface area contributed by atoms with E-state index >= 15 is 0 Å². The minimum atomic E-state index is 0.0692. The van der Waals surface area contributed by atoms with Gasteiger partial charge in [-0.2, -0.15) is 0 Å². The van der Waals surface area contributed by atoms with Gasteiger partial charge in [0.2, 0.25) is 5.91 Å². The highest BCUT2D eigenvalue weighted by Gasteiger charge is 2.34. The maximum Gasteiger partial charge on any atom is 0.227 e. The molecule has 5 rings (SSSR count). The molecule has 0 N–H and O–H groups in total. The van der Waals surface area contributed by atoms with E-state index in [0.717, 1.165) is 54.1 Å². The molecule has 0 aliphatic carbocycles. The summed E-state index contributed by atoms with van der Waals surface area (Å²) in [5, 5.41) is 0. The number of para-hydroxylation sites is 2. The van der Waals surface area contributed by atoms with E-state index in [-0.39, 0.29) is 11.8 Å². The monoisotopic (exact) mass is 495 g/mol. The molecule has 5 nitrogen and oxygen atoms in total. The Bertz CT molecular complexity index is 1340. The van der Waals surface area contributed by atoms with Crippen molar-refractivity contribution >= 4 is 22.6 Å². The largest absolute Gasteiger partial charge is 0.494 e. The van der Waals surface area contributed by atoms with Crippen LogP contribution < -0.4 is 9.64 Å². The van der Waals surface area contributed by atoms with Gasteiger partial charge in [0.05, 0.1) is 17.6 Å². The Morgan fingerprint density at radius 1 is 1.00 bits per heavy atom. The number of amides is 1. The average molecular weight is 496 g/mol. The van der Waals surface area contributed by atoms with Gasteiger partial charge in [-0.3, -0.25) is 4.79 Å². The predicted molar refractivity (Wildman–Crippen MR) is 151 cm³/mol. The molecule has 2 atom stereocenters. The molecule has 1 fully saturated rings. The van der Waals surface area contributed by atoms with Gasteiger partial charge in [0.25, 0.3) is 0 Å². The zero-order valence-electron chi connectivity index (χ0n) is 22.2. The van der Waals surface area contributed by atoms with Crippen molar-refractivity contribution in [3.05, 3.63) is 89.7 Å². The molecule has 1 saturated heterocycles. The Hall–Kier alpha value is -3.60. The lowest BCUT2D eigenvalue weighted by Gasteiger charge is -2.18. The number of anilines is 1. The molecule has 1 aliphatic heterocycles. The predicted octanol–water partition coefficient (Wildman–Crippen LogP) is 7.10. The number of carbonyl (C=O) groups is 1. The molecular weight excluding hydrogens is 458 g/mol. The van der Waals surface area contributed by atoms with Crippen LogP contribution in [0.3, 0.4) is 0 Å². The van der Waals surface area contributed by atoms with Crippen LogP contribution in [0.15, 0.2) is 72.8 Å². The molecule has 37 heavy (non-hydrogen) atoms. The van der Waals surface area contributed by atoms with Crippen LogP contribution in [0.5, 0.6) is 5.75 Å². The quantitative estimate of drug-likeness (QED) is 0.220. The van der Waals surface area contributed by atoms with Crippen LogP contribution in [-0.2, 0) is 17.8 Å². The maximum atomic E-state index is 13.0. The maximum absolute atomic E-state index is 13.0. The van der Waals surface area contributed by atoms with Crippen molar-refractivity contribution < 1.29 is 9.53 Å². The van der Waals surface area contributed by atoms with E-state index in [1.165, 1.54) is 11.1 Å². The minimum Gasteiger partial charge on any atom is -0.494 e. The van der Waals surface area contributed by atoms with Crippen LogP contribution in [0.1, 0.15) is 68.8 Å². The van der Waals surface area contributed by atoms with Gasteiger partial charge in [0.1, 0.15) is 11.6 Å². The molecule has 0 radical (unpaired) electrons. The summed E-state index contributed by atoms with van der Waals surface area (Å²) < 4.78 is 8.36. The molecule has 2 heterocycles. The van der Waals surface area contributed by atoms with Crippen molar-refractivity contribution in [2.45, 2.75) is 64.8 Å². The number of rotatable bonds is 10. The number of carbonyl (C=O) groups excluding carboxylic acids is 1. The number of ether oxygens (including phenoxy) is 1. The normalized spacial score (nSPS) is 16.5. The number of fused-ring (bicyclic) bond motifs is 1. The molecule has 2 unspecified atom stereocenters. The second kappa shape index (κ2) is 11.2. The Labute approximate surface area is 220 Å². The molecule has 1 aromatic heterocycles. The SMILES string of the molecule is CCc1ccc(N2CC(c3nc4ccccc4n3CCCOc3ccc(C(C)CC)cc3)CC2=O)cc1. The summed E-state index contributed by atoms with van der Waals surface area (Å²) in [5.74, 6) is 2.71. The van der Waals surface area contributed by atoms with Gasteiger partial charge in [-0.05, 0) is 72.7 Å². The van der Waals surface area contributed by atoms with Crippen molar-refractivity contribution in [2.24, 2.45) is 0 Å². The lowest BCUT2D eigenvalue weighted by atomic mass is 9.99. The third kappa shape index (κ3) is 5.41. The fraction of sp³-hybridized carbons (Fsp3) is 0.375. The van der Waals surface area contributed by atoms with Crippen LogP contribution in [0.4, 0.5) is 5.69 Å². The molecule has 1 amide bonds. The third-order valence-electron chi connectivity index (χ3n) is 7.69. The molecule has 192 valence electrons. The summed E-state index contributed by atoms with van der Waals surface area (Å²) in [6.07, 6.45) is 3.48. The molecule has 0 spiro atoms. The van der Waals surface area contributed by atoms with E-state index in [1.807, 2.05) is 11.0 Å². The Morgan fingerprint density at radius 2 is 1.76 bits per heavy atom. The van der Waals surface area contributed by atoms with E-state index in [9.17, 15) is 4.79 Å². The first-order valence-electron chi connectivity index (χ1n) is 13.6. The highest BCUT2D eigenvalue weighted by atomic mass is 16.5. The van der Waals surface area contributed by atoms with Gasteiger partial charge in [0.15, 0.2) is 0 Å². The lowest BCUT2D eigenvalue weighted by molar-refractivity contribution is -0.117. The molecule has 5 heteroatoms. The summed E-state index contributed by atoms with van der Waals surface area (Å²) in [4.78, 5) is 19.9. The molecule has 4 aromatic rings. The molecular formula is C32H37N3O2. The topological polar surface area (TPSA) is 47.4 Å². The Kier molecular flexibility index (Phi) is 7.59. The standard InChI is InChI=1S/C32H37N3O2/c1-4-23(3)25-13-17-28(18-14-25)37-20-8-19-34-30-10-7-6-9-29(30)33-32(34)26-21-31(36)35(22-26)27-15-11-24(5-2)12-16-27/h6-7,9-18,23,26H,4-5,8,19-22H2,1-3H3. The second-order valence-corrected chi connectivity index (χ2v) is 10.1. The van der Waals surface area contributed by atoms with Crippen LogP contribution in [0.25, 0.3) is 11.0 Å². The van der Waals surface area contributed by atoms with Gasteiger partial charge in [-0.25, -0.2) is 4.98 Å². The van der Waals surface area contributed by atoms with Crippen LogP contribution in [-0.4, -0.2) is 28.6 Å². The van der Waals surface area contributed by atoms with Crippen molar-refractivity contribution in [3.8, 4) is 5.75 Å². The van der Waals surface area contributed by atoms with Crippen molar-refractivity contribution in [3.63, 3.8) is 0 Å². The van der Waals surface area contributed by atoms with Gasteiger partial charge >= 0.3 is 0 Å². The number of aryl methyl sites for hydroxylation is 2. The molecule has 0 saturated carbocycles. The van der Waals surface area contributed by atoms with Gasteiger partial charge < -0.3 is 14.2 Å². The molecule has 3 aromatic carbocycles. The summed E-state index contributed by atoms with van der Waals surface area (Å²) >= 11 is 0. The number of aromatic nitrogens is 2. The Balaban J connectivity index is 1.28. The zero-order chi connectivity index (χ0) is 25.8.